The summed E-state index contributed by atoms with van der Waals surface area (Å²) in [6.07, 6.45) is 3.48. The summed E-state index contributed by atoms with van der Waals surface area (Å²) in [7, 11) is 1.62. The third-order valence-corrected chi connectivity index (χ3v) is 3.95. The van der Waals surface area contributed by atoms with Crippen molar-refractivity contribution in [1.82, 2.24) is 15.5 Å². The minimum atomic E-state index is -2.92. The Balaban J connectivity index is 1.72. The first-order valence-corrected chi connectivity index (χ1v) is 8.19. The van der Waals surface area contributed by atoms with Gasteiger partial charge in [-0.1, -0.05) is 24.3 Å². The molecule has 1 aromatic heterocycles. The summed E-state index contributed by atoms with van der Waals surface area (Å²) >= 11 is 0. The molecule has 0 radical (unpaired) electrons. The minimum absolute atomic E-state index is 0.0000138. The first kappa shape index (κ1) is 18.5. The molecule has 3 rings (SSSR count). The summed E-state index contributed by atoms with van der Waals surface area (Å²) in [5.41, 5.74) is 3.04. The molecule has 1 heterocycles. The van der Waals surface area contributed by atoms with Crippen LogP contribution in [-0.2, 0) is 4.79 Å². The number of ether oxygens (including phenoxy) is 1. The number of aromatic nitrogens is 2. The second-order valence-corrected chi connectivity index (χ2v) is 5.73. The molecule has 1 atom stereocenters. The Hall–Kier alpha value is -3.26. The highest BCUT2D eigenvalue weighted by Crippen LogP contribution is 2.23. The molecular formula is C19H18F2N4O2. The van der Waals surface area contributed by atoms with Crippen LogP contribution in [0.5, 0.6) is 5.75 Å². The predicted molar refractivity (Wildman–Crippen MR) is 97.5 cm³/mol. The number of hydrogen-bond donors (Lipinski definition) is 3. The van der Waals surface area contributed by atoms with Crippen LogP contribution >= 0.6 is 0 Å². The standard InChI is InChI=1S/C19H18F2N4O2/c1-22-17(13-3-2-4-16(9-13)27-19(20)21)18(26)25-15-7-5-12(6-8-15)14-10-23-24-11-14/h2-11,17,19,22H,1H3,(H,23,24)(H,25,26). The van der Waals surface area contributed by atoms with Gasteiger partial charge >= 0.3 is 6.61 Å². The molecule has 0 fully saturated rings. The lowest BCUT2D eigenvalue weighted by Gasteiger charge is -2.17. The Morgan fingerprint density at radius 3 is 2.56 bits per heavy atom. The molecule has 27 heavy (non-hydrogen) atoms. The number of likely N-dealkylation sites (N-methyl/N-ethyl adjacent to an activating group) is 1. The number of hydrogen-bond acceptors (Lipinski definition) is 4. The van der Waals surface area contributed by atoms with Crippen molar-refractivity contribution in [3.63, 3.8) is 0 Å². The van der Waals surface area contributed by atoms with E-state index in [9.17, 15) is 13.6 Å². The molecule has 0 aliphatic carbocycles. The smallest absolute Gasteiger partial charge is 0.387 e. The Bertz CT molecular complexity index is 883. The number of nitrogens with zero attached hydrogens (tertiary/aromatic N) is 1. The number of nitrogens with one attached hydrogen (secondary N) is 3. The van der Waals surface area contributed by atoms with Crippen molar-refractivity contribution in [1.29, 1.82) is 0 Å². The molecule has 1 amide bonds. The predicted octanol–water partition coefficient (Wildman–Crippen LogP) is 3.58. The molecule has 0 spiro atoms. The summed E-state index contributed by atoms with van der Waals surface area (Å²) < 4.78 is 29.2. The van der Waals surface area contributed by atoms with Crippen LogP contribution in [0.2, 0.25) is 0 Å². The Morgan fingerprint density at radius 1 is 1.15 bits per heavy atom. The minimum Gasteiger partial charge on any atom is -0.435 e. The number of halogens is 2. The molecule has 8 heteroatoms. The van der Waals surface area contributed by atoms with Crippen molar-refractivity contribution in [3.8, 4) is 16.9 Å². The first-order valence-electron chi connectivity index (χ1n) is 8.19. The van der Waals surface area contributed by atoms with Gasteiger partial charge in [0.25, 0.3) is 0 Å². The van der Waals surface area contributed by atoms with Gasteiger partial charge in [-0.05, 0) is 42.4 Å². The van der Waals surface area contributed by atoms with Gasteiger partial charge in [-0.15, -0.1) is 0 Å². The summed E-state index contributed by atoms with van der Waals surface area (Å²) in [6.45, 7) is -2.92. The van der Waals surface area contributed by atoms with Gasteiger partial charge in [0.15, 0.2) is 0 Å². The van der Waals surface area contributed by atoms with Crippen molar-refractivity contribution in [2.45, 2.75) is 12.7 Å². The number of benzene rings is 2. The zero-order chi connectivity index (χ0) is 19.2. The zero-order valence-electron chi connectivity index (χ0n) is 14.4. The molecule has 0 aliphatic heterocycles. The number of alkyl halides is 2. The van der Waals surface area contributed by atoms with Gasteiger partial charge in [0.2, 0.25) is 5.91 Å². The van der Waals surface area contributed by atoms with Gasteiger partial charge < -0.3 is 15.4 Å². The van der Waals surface area contributed by atoms with Crippen LogP contribution in [0.3, 0.4) is 0 Å². The lowest BCUT2D eigenvalue weighted by Crippen LogP contribution is -2.30. The van der Waals surface area contributed by atoms with Crippen LogP contribution in [0.15, 0.2) is 60.9 Å². The highest BCUT2D eigenvalue weighted by molar-refractivity contribution is 5.95. The van der Waals surface area contributed by atoms with E-state index in [1.807, 2.05) is 12.1 Å². The molecule has 2 aromatic carbocycles. The van der Waals surface area contributed by atoms with E-state index in [2.05, 4.69) is 25.6 Å². The molecule has 3 aromatic rings. The fraction of sp³-hybridized carbons (Fsp3) is 0.158. The van der Waals surface area contributed by atoms with Crippen molar-refractivity contribution in [3.05, 3.63) is 66.5 Å². The number of anilines is 1. The second kappa shape index (κ2) is 8.41. The molecular weight excluding hydrogens is 354 g/mol. The Kier molecular flexibility index (Phi) is 5.77. The van der Waals surface area contributed by atoms with Crippen LogP contribution in [-0.4, -0.2) is 29.8 Å². The summed E-state index contributed by atoms with van der Waals surface area (Å²) in [5.74, 6) is -0.317. The van der Waals surface area contributed by atoms with Crippen molar-refractivity contribution >= 4 is 11.6 Å². The lowest BCUT2D eigenvalue weighted by molar-refractivity contribution is -0.118. The van der Waals surface area contributed by atoms with E-state index in [-0.39, 0.29) is 11.7 Å². The molecule has 0 saturated carbocycles. The highest BCUT2D eigenvalue weighted by atomic mass is 19.3. The number of H-pyrrole nitrogens is 1. The summed E-state index contributed by atoms with van der Waals surface area (Å²) in [5, 5.41) is 12.3. The maximum Gasteiger partial charge on any atom is 0.387 e. The van der Waals surface area contributed by atoms with Gasteiger partial charge in [-0.25, -0.2) is 0 Å². The molecule has 1 unspecified atom stereocenters. The SMILES string of the molecule is CNC(C(=O)Nc1ccc(-c2cn[nH]c2)cc1)c1cccc(OC(F)F)c1. The van der Waals surface area contributed by atoms with Crippen LogP contribution in [0.1, 0.15) is 11.6 Å². The van der Waals surface area contributed by atoms with Crippen LogP contribution in [0.25, 0.3) is 11.1 Å². The van der Waals surface area contributed by atoms with Crippen molar-refractivity contribution in [2.24, 2.45) is 0 Å². The molecule has 3 N–H and O–H groups in total. The maximum absolute atomic E-state index is 12.6. The molecule has 0 aliphatic rings. The van der Waals surface area contributed by atoms with Gasteiger partial charge in [0.1, 0.15) is 11.8 Å². The number of rotatable bonds is 7. The highest BCUT2D eigenvalue weighted by Gasteiger charge is 2.20. The zero-order valence-corrected chi connectivity index (χ0v) is 14.4. The third kappa shape index (κ3) is 4.68. The second-order valence-electron chi connectivity index (χ2n) is 5.73. The first-order chi connectivity index (χ1) is 13.1. The Morgan fingerprint density at radius 2 is 1.93 bits per heavy atom. The van der Waals surface area contributed by atoms with E-state index < -0.39 is 12.7 Å². The number of carbonyl (C=O) groups excluding carboxylic acids is 1. The van der Waals surface area contributed by atoms with E-state index in [4.69, 9.17) is 0 Å². The number of aromatic amines is 1. The fourth-order valence-electron chi connectivity index (χ4n) is 2.69. The van der Waals surface area contributed by atoms with E-state index in [0.29, 0.717) is 11.3 Å². The number of carbonyl (C=O) groups is 1. The topological polar surface area (TPSA) is 79.0 Å². The van der Waals surface area contributed by atoms with Crippen molar-refractivity contribution in [2.75, 3.05) is 12.4 Å². The normalized spacial score (nSPS) is 12.0. The van der Waals surface area contributed by atoms with Gasteiger partial charge in [0, 0.05) is 17.4 Å². The summed E-state index contributed by atoms with van der Waals surface area (Å²) in [6, 6.07) is 12.6. The van der Waals surface area contributed by atoms with Crippen LogP contribution < -0.4 is 15.4 Å². The maximum atomic E-state index is 12.6. The van der Waals surface area contributed by atoms with Crippen LogP contribution in [0, 0.1) is 0 Å². The van der Waals surface area contributed by atoms with Gasteiger partial charge in [0.05, 0.1) is 6.20 Å². The molecule has 0 bridgehead atoms. The van der Waals surface area contributed by atoms with Crippen molar-refractivity contribution < 1.29 is 18.3 Å². The fourth-order valence-corrected chi connectivity index (χ4v) is 2.69. The van der Waals surface area contributed by atoms with Gasteiger partial charge in [-0.2, -0.15) is 13.9 Å². The molecule has 0 saturated heterocycles. The van der Waals surface area contributed by atoms with E-state index in [1.165, 1.54) is 12.1 Å². The van der Waals surface area contributed by atoms with Gasteiger partial charge in [-0.3, -0.25) is 9.89 Å². The summed E-state index contributed by atoms with van der Waals surface area (Å²) in [4.78, 5) is 12.6. The third-order valence-electron chi connectivity index (χ3n) is 3.95. The van der Waals surface area contributed by atoms with Crippen LogP contribution in [0.4, 0.5) is 14.5 Å². The Labute approximate surface area is 154 Å². The monoisotopic (exact) mass is 372 g/mol. The van der Waals surface area contributed by atoms with E-state index in [0.717, 1.165) is 11.1 Å². The lowest BCUT2D eigenvalue weighted by atomic mass is 10.1. The largest absolute Gasteiger partial charge is 0.435 e. The number of amides is 1. The van der Waals surface area contributed by atoms with E-state index in [1.54, 1.807) is 43.7 Å². The average molecular weight is 372 g/mol. The molecule has 6 nitrogen and oxygen atoms in total. The molecule has 140 valence electrons. The average Bonchev–Trinajstić information content (AvgIpc) is 3.17. The quantitative estimate of drug-likeness (QED) is 0.592. The van der Waals surface area contributed by atoms with E-state index >= 15 is 0 Å².